The minimum absolute atomic E-state index is 0.00365. The summed E-state index contributed by atoms with van der Waals surface area (Å²) in [5.74, 6) is 0.00365. The lowest BCUT2D eigenvalue weighted by molar-refractivity contribution is -0.125. The molecule has 0 saturated carbocycles. The number of carbonyl (C=O) groups is 1. The summed E-state index contributed by atoms with van der Waals surface area (Å²) in [6, 6.07) is 0. The molecular formula is C11H22BrNO2. The highest BCUT2D eigenvalue weighted by atomic mass is 79.9. The van der Waals surface area contributed by atoms with Gasteiger partial charge in [-0.25, -0.2) is 0 Å². The first-order valence-corrected chi connectivity index (χ1v) is 6.83. The lowest BCUT2D eigenvalue weighted by Gasteiger charge is -2.05. The first-order valence-electron chi connectivity index (χ1n) is 5.71. The van der Waals surface area contributed by atoms with E-state index in [-0.39, 0.29) is 12.5 Å². The Bertz CT molecular complexity index is 154. The Balaban J connectivity index is 3.10. The zero-order valence-electron chi connectivity index (χ0n) is 9.56. The normalized spacial score (nSPS) is 10.3. The highest BCUT2D eigenvalue weighted by Crippen LogP contribution is 2.00. The van der Waals surface area contributed by atoms with E-state index in [1.807, 2.05) is 6.92 Å². The van der Waals surface area contributed by atoms with Crippen molar-refractivity contribution in [3.63, 3.8) is 0 Å². The van der Waals surface area contributed by atoms with Crippen LogP contribution in [0.2, 0.25) is 0 Å². The van der Waals surface area contributed by atoms with Crippen LogP contribution in [0, 0.1) is 0 Å². The van der Waals surface area contributed by atoms with Gasteiger partial charge in [-0.2, -0.15) is 0 Å². The molecule has 0 aliphatic rings. The summed E-state index contributed by atoms with van der Waals surface area (Å²) in [6.45, 7) is 3.67. The zero-order valence-corrected chi connectivity index (χ0v) is 11.1. The molecule has 0 aromatic rings. The number of nitrogens with one attached hydrogen (secondary N) is 1. The molecule has 0 spiro atoms. The van der Waals surface area contributed by atoms with E-state index in [2.05, 4.69) is 21.2 Å². The molecular weight excluding hydrogens is 258 g/mol. The Kier molecular flexibility index (Phi) is 11.9. The molecule has 0 radical (unpaired) electrons. The van der Waals surface area contributed by atoms with Gasteiger partial charge in [0.25, 0.3) is 0 Å². The third kappa shape index (κ3) is 11.8. The number of hydrogen-bond donors (Lipinski definition) is 1. The lowest BCUT2D eigenvalue weighted by Crippen LogP contribution is -2.28. The van der Waals surface area contributed by atoms with Crippen LogP contribution in [0.3, 0.4) is 0 Å². The monoisotopic (exact) mass is 279 g/mol. The van der Waals surface area contributed by atoms with E-state index >= 15 is 0 Å². The van der Waals surface area contributed by atoms with Crippen molar-refractivity contribution in [2.75, 3.05) is 25.1 Å². The summed E-state index contributed by atoms with van der Waals surface area (Å²) in [5, 5.41) is 3.92. The molecule has 0 aliphatic heterocycles. The smallest absolute Gasteiger partial charge is 0.245 e. The first kappa shape index (κ1) is 14.9. The number of rotatable bonds is 10. The Morgan fingerprint density at radius 1 is 1.27 bits per heavy atom. The van der Waals surface area contributed by atoms with Crippen LogP contribution in [-0.2, 0) is 9.53 Å². The van der Waals surface area contributed by atoms with Crippen molar-refractivity contribution >= 4 is 21.8 Å². The van der Waals surface area contributed by atoms with Gasteiger partial charge in [-0.05, 0) is 19.3 Å². The molecule has 0 bridgehead atoms. The van der Waals surface area contributed by atoms with Gasteiger partial charge in [-0.3, -0.25) is 4.79 Å². The van der Waals surface area contributed by atoms with Crippen LogP contribution >= 0.6 is 15.9 Å². The Hall–Kier alpha value is -0.0900. The topological polar surface area (TPSA) is 38.3 Å². The van der Waals surface area contributed by atoms with Gasteiger partial charge in [-0.15, -0.1) is 0 Å². The van der Waals surface area contributed by atoms with E-state index in [1.165, 1.54) is 19.3 Å². The fourth-order valence-electron chi connectivity index (χ4n) is 1.16. The molecule has 4 heteroatoms. The molecule has 1 N–H and O–H groups in total. The summed E-state index contributed by atoms with van der Waals surface area (Å²) >= 11 is 3.39. The van der Waals surface area contributed by atoms with Crippen LogP contribution in [0.25, 0.3) is 0 Å². The summed E-state index contributed by atoms with van der Waals surface area (Å²) in [6.07, 6.45) is 5.65. The lowest BCUT2D eigenvalue weighted by atomic mass is 10.2. The predicted octanol–water partition coefficient (Wildman–Crippen LogP) is 2.48. The van der Waals surface area contributed by atoms with E-state index in [0.29, 0.717) is 6.61 Å². The average Bonchev–Trinajstić information content (AvgIpc) is 2.23. The first-order chi connectivity index (χ1) is 7.31. The molecule has 0 aliphatic carbocycles. The molecule has 0 rings (SSSR count). The third-order valence-electron chi connectivity index (χ3n) is 1.96. The average molecular weight is 280 g/mol. The zero-order chi connectivity index (χ0) is 11.4. The fraction of sp³-hybridized carbons (Fsp3) is 0.909. The third-order valence-corrected chi connectivity index (χ3v) is 2.52. The number of unbranched alkanes of at least 4 members (excludes halogenated alkanes) is 3. The van der Waals surface area contributed by atoms with Crippen molar-refractivity contribution in [2.45, 2.75) is 39.0 Å². The number of carbonyl (C=O) groups excluding carboxylic acids is 1. The number of ether oxygens (including phenoxy) is 1. The van der Waals surface area contributed by atoms with Crippen LogP contribution in [0.1, 0.15) is 39.0 Å². The summed E-state index contributed by atoms with van der Waals surface area (Å²) < 4.78 is 5.12. The molecule has 90 valence electrons. The second-order valence-corrected chi connectivity index (χ2v) is 4.30. The molecule has 1 amide bonds. The highest BCUT2D eigenvalue weighted by Gasteiger charge is 1.99. The minimum atomic E-state index is 0.00365. The number of alkyl halides is 1. The maximum Gasteiger partial charge on any atom is 0.245 e. The molecule has 0 aromatic carbocycles. The summed E-state index contributed by atoms with van der Waals surface area (Å²) in [5.41, 5.74) is 0. The van der Waals surface area contributed by atoms with Gasteiger partial charge in [0.15, 0.2) is 0 Å². The number of amides is 1. The van der Waals surface area contributed by atoms with Gasteiger partial charge in [0.1, 0.15) is 6.61 Å². The highest BCUT2D eigenvalue weighted by molar-refractivity contribution is 9.09. The molecule has 0 fully saturated rings. The standard InChI is InChI=1S/C11H22BrNO2/c1-2-9-15-10-11(14)13-8-6-4-3-5-7-12/h2-10H2,1H3,(H,13,14). The molecule has 0 unspecified atom stereocenters. The number of hydrogen-bond acceptors (Lipinski definition) is 2. The van der Waals surface area contributed by atoms with Crippen molar-refractivity contribution < 1.29 is 9.53 Å². The van der Waals surface area contributed by atoms with Crippen molar-refractivity contribution in [3.8, 4) is 0 Å². The second kappa shape index (κ2) is 12.0. The van der Waals surface area contributed by atoms with Crippen molar-refractivity contribution in [2.24, 2.45) is 0 Å². The molecule has 0 atom stereocenters. The Labute approximate surface area is 101 Å². The van der Waals surface area contributed by atoms with Crippen LogP contribution < -0.4 is 5.32 Å². The van der Waals surface area contributed by atoms with Crippen molar-refractivity contribution in [1.82, 2.24) is 5.32 Å². The van der Waals surface area contributed by atoms with Crippen LogP contribution in [0.15, 0.2) is 0 Å². The Morgan fingerprint density at radius 3 is 2.67 bits per heavy atom. The predicted molar refractivity (Wildman–Crippen MR) is 66.4 cm³/mol. The maximum absolute atomic E-state index is 11.2. The number of halogens is 1. The second-order valence-electron chi connectivity index (χ2n) is 3.51. The van der Waals surface area contributed by atoms with E-state index in [9.17, 15) is 4.79 Å². The van der Waals surface area contributed by atoms with Crippen LogP contribution in [0.5, 0.6) is 0 Å². The van der Waals surface area contributed by atoms with Crippen LogP contribution in [-0.4, -0.2) is 31.0 Å². The molecule has 0 saturated heterocycles. The molecule has 0 heterocycles. The van der Waals surface area contributed by atoms with Gasteiger partial charge < -0.3 is 10.1 Å². The molecule has 15 heavy (non-hydrogen) atoms. The van der Waals surface area contributed by atoms with Gasteiger partial charge >= 0.3 is 0 Å². The van der Waals surface area contributed by atoms with Crippen molar-refractivity contribution in [3.05, 3.63) is 0 Å². The minimum Gasteiger partial charge on any atom is -0.372 e. The molecule has 3 nitrogen and oxygen atoms in total. The van der Waals surface area contributed by atoms with Crippen molar-refractivity contribution in [1.29, 1.82) is 0 Å². The Morgan fingerprint density at radius 2 is 2.00 bits per heavy atom. The summed E-state index contributed by atoms with van der Waals surface area (Å²) in [4.78, 5) is 11.2. The van der Waals surface area contributed by atoms with Gasteiger partial charge in [0.2, 0.25) is 5.91 Å². The fourth-order valence-corrected chi connectivity index (χ4v) is 1.56. The van der Waals surface area contributed by atoms with E-state index in [4.69, 9.17) is 4.74 Å². The quantitative estimate of drug-likeness (QED) is 0.493. The van der Waals surface area contributed by atoms with Gasteiger partial charge in [-0.1, -0.05) is 35.7 Å². The van der Waals surface area contributed by atoms with Gasteiger partial charge in [0, 0.05) is 18.5 Å². The SMILES string of the molecule is CCCOCC(=O)NCCCCCCBr. The maximum atomic E-state index is 11.2. The van der Waals surface area contributed by atoms with E-state index in [0.717, 1.165) is 24.7 Å². The van der Waals surface area contributed by atoms with E-state index < -0.39 is 0 Å². The summed E-state index contributed by atoms with van der Waals surface area (Å²) in [7, 11) is 0. The molecule has 0 aromatic heterocycles. The van der Waals surface area contributed by atoms with Gasteiger partial charge in [0.05, 0.1) is 0 Å². The van der Waals surface area contributed by atoms with Crippen LogP contribution in [0.4, 0.5) is 0 Å². The van der Waals surface area contributed by atoms with E-state index in [1.54, 1.807) is 0 Å². The largest absolute Gasteiger partial charge is 0.372 e.